The lowest BCUT2D eigenvalue weighted by molar-refractivity contribution is -0.274. The molecule has 0 unspecified atom stereocenters. The number of alkyl halides is 3. The number of fused-ring (bicyclic) bond motifs is 1. The SMILES string of the molecule is O=C(c1ccccc1OC(F)(F)F)N1CCCC[C@H]1CNc1cnc2cc(F)c(F)cc2n1. The van der Waals surface area contributed by atoms with Gasteiger partial charge in [0.25, 0.3) is 5.91 Å². The molecule has 33 heavy (non-hydrogen) atoms. The van der Waals surface area contributed by atoms with Gasteiger partial charge >= 0.3 is 6.36 Å². The zero-order chi connectivity index (χ0) is 23.6. The van der Waals surface area contributed by atoms with Gasteiger partial charge in [0.1, 0.15) is 11.6 Å². The van der Waals surface area contributed by atoms with E-state index in [9.17, 15) is 26.7 Å². The van der Waals surface area contributed by atoms with E-state index in [1.54, 1.807) is 0 Å². The van der Waals surface area contributed by atoms with E-state index in [2.05, 4.69) is 20.0 Å². The summed E-state index contributed by atoms with van der Waals surface area (Å²) in [6.45, 7) is 0.622. The smallest absolute Gasteiger partial charge is 0.405 e. The third kappa shape index (κ3) is 5.29. The molecular formula is C22H19F5N4O2. The molecule has 1 saturated heterocycles. The van der Waals surface area contributed by atoms with Crippen LogP contribution in [0.2, 0.25) is 0 Å². The molecule has 1 fully saturated rings. The molecule has 2 heterocycles. The fourth-order valence-corrected chi connectivity index (χ4v) is 3.81. The molecule has 1 aromatic heterocycles. The van der Waals surface area contributed by atoms with Gasteiger partial charge in [-0.2, -0.15) is 0 Å². The van der Waals surface area contributed by atoms with Gasteiger partial charge in [-0.25, -0.2) is 13.8 Å². The van der Waals surface area contributed by atoms with Crippen LogP contribution in [0.25, 0.3) is 11.0 Å². The van der Waals surface area contributed by atoms with Crippen LogP contribution in [0.15, 0.2) is 42.6 Å². The maximum absolute atomic E-state index is 13.5. The van der Waals surface area contributed by atoms with E-state index in [0.29, 0.717) is 25.2 Å². The van der Waals surface area contributed by atoms with Gasteiger partial charge in [-0.1, -0.05) is 12.1 Å². The number of carbonyl (C=O) groups is 1. The van der Waals surface area contributed by atoms with Crippen LogP contribution in [0.3, 0.4) is 0 Å². The van der Waals surface area contributed by atoms with Crippen molar-refractivity contribution in [2.75, 3.05) is 18.4 Å². The Morgan fingerprint density at radius 1 is 1.12 bits per heavy atom. The van der Waals surface area contributed by atoms with Crippen molar-refractivity contribution in [1.82, 2.24) is 14.9 Å². The van der Waals surface area contributed by atoms with E-state index in [1.165, 1.54) is 29.3 Å². The summed E-state index contributed by atoms with van der Waals surface area (Å²) in [7, 11) is 0. The summed E-state index contributed by atoms with van der Waals surface area (Å²) in [6, 6.07) is 6.80. The lowest BCUT2D eigenvalue weighted by Crippen LogP contribution is -2.47. The molecule has 1 aliphatic rings. The molecule has 0 saturated carbocycles. The minimum Gasteiger partial charge on any atom is -0.405 e. The van der Waals surface area contributed by atoms with Crippen LogP contribution in [0.4, 0.5) is 27.8 Å². The van der Waals surface area contributed by atoms with Crippen molar-refractivity contribution in [1.29, 1.82) is 0 Å². The minimum absolute atomic E-state index is 0.161. The Hall–Kier alpha value is -3.50. The van der Waals surface area contributed by atoms with E-state index in [4.69, 9.17) is 0 Å². The van der Waals surface area contributed by atoms with Gasteiger partial charge in [0.2, 0.25) is 0 Å². The topological polar surface area (TPSA) is 67.3 Å². The van der Waals surface area contributed by atoms with E-state index < -0.39 is 29.7 Å². The lowest BCUT2D eigenvalue weighted by atomic mass is 10.0. The minimum atomic E-state index is -4.92. The highest BCUT2D eigenvalue weighted by atomic mass is 19.4. The Balaban J connectivity index is 1.51. The van der Waals surface area contributed by atoms with Gasteiger partial charge in [0.05, 0.1) is 22.8 Å². The average molecular weight is 466 g/mol. The normalized spacial score (nSPS) is 16.6. The molecule has 6 nitrogen and oxygen atoms in total. The highest BCUT2D eigenvalue weighted by Gasteiger charge is 2.35. The van der Waals surface area contributed by atoms with Crippen LogP contribution in [-0.2, 0) is 0 Å². The highest BCUT2D eigenvalue weighted by molar-refractivity contribution is 5.97. The molecule has 11 heteroatoms. The first kappa shape index (κ1) is 22.7. The monoisotopic (exact) mass is 466 g/mol. The number of rotatable bonds is 5. The van der Waals surface area contributed by atoms with Gasteiger partial charge < -0.3 is 15.0 Å². The van der Waals surface area contributed by atoms with Gasteiger partial charge in [-0.05, 0) is 31.4 Å². The van der Waals surface area contributed by atoms with Crippen molar-refractivity contribution >= 4 is 22.8 Å². The lowest BCUT2D eigenvalue weighted by Gasteiger charge is -2.36. The van der Waals surface area contributed by atoms with E-state index in [1.807, 2.05) is 0 Å². The van der Waals surface area contributed by atoms with Gasteiger partial charge in [-0.15, -0.1) is 13.2 Å². The number of ether oxygens (including phenoxy) is 1. The second-order valence-corrected chi connectivity index (χ2v) is 7.58. The Bertz CT molecular complexity index is 1170. The van der Waals surface area contributed by atoms with Crippen molar-refractivity contribution in [3.8, 4) is 5.75 Å². The maximum Gasteiger partial charge on any atom is 0.573 e. The molecular weight excluding hydrogens is 447 g/mol. The van der Waals surface area contributed by atoms with Crippen LogP contribution < -0.4 is 10.1 Å². The molecule has 174 valence electrons. The van der Waals surface area contributed by atoms with E-state index in [-0.39, 0.29) is 29.2 Å². The number of halogens is 5. The predicted octanol–water partition coefficient (Wildman–Crippen LogP) is 4.91. The molecule has 0 bridgehead atoms. The largest absolute Gasteiger partial charge is 0.573 e. The van der Waals surface area contributed by atoms with Crippen LogP contribution >= 0.6 is 0 Å². The van der Waals surface area contributed by atoms with Crippen LogP contribution in [0, 0.1) is 11.6 Å². The molecule has 2 aromatic carbocycles. The van der Waals surface area contributed by atoms with Gasteiger partial charge in [0, 0.05) is 31.3 Å². The Morgan fingerprint density at radius 2 is 1.85 bits per heavy atom. The first-order valence-electron chi connectivity index (χ1n) is 10.2. The molecule has 1 amide bonds. The van der Waals surface area contributed by atoms with E-state index in [0.717, 1.165) is 24.6 Å². The number of piperidine rings is 1. The number of anilines is 1. The molecule has 4 rings (SSSR count). The zero-order valence-electron chi connectivity index (χ0n) is 17.2. The van der Waals surface area contributed by atoms with Crippen molar-refractivity contribution in [3.63, 3.8) is 0 Å². The number of nitrogens with one attached hydrogen (secondary N) is 1. The fourth-order valence-electron chi connectivity index (χ4n) is 3.81. The molecule has 1 atom stereocenters. The molecule has 0 aliphatic carbocycles. The summed E-state index contributed by atoms with van der Waals surface area (Å²) in [5, 5.41) is 3.03. The number of likely N-dealkylation sites (tertiary alicyclic amines) is 1. The third-order valence-electron chi connectivity index (χ3n) is 5.33. The van der Waals surface area contributed by atoms with Gasteiger partial charge in [-0.3, -0.25) is 9.78 Å². The Kier molecular flexibility index (Phi) is 6.30. The number of nitrogens with zero attached hydrogens (tertiary/aromatic N) is 3. The second-order valence-electron chi connectivity index (χ2n) is 7.58. The molecule has 1 N–H and O–H groups in total. The van der Waals surface area contributed by atoms with Crippen LogP contribution in [0.5, 0.6) is 5.75 Å². The molecule has 0 radical (unpaired) electrons. The van der Waals surface area contributed by atoms with Crippen LogP contribution in [0.1, 0.15) is 29.6 Å². The number of aromatic nitrogens is 2. The van der Waals surface area contributed by atoms with Crippen molar-refractivity contribution in [3.05, 3.63) is 59.8 Å². The quantitative estimate of drug-likeness (QED) is 0.541. The summed E-state index contributed by atoms with van der Waals surface area (Å²) < 4.78 is 69.2. The van der Waals surface area contributed by atoms with E-state index >= 15 is 0 Å². The summed E-state index contributed by atoms with van der Waals surface area (Å²) in [5.41, 5.74) is 0.175. The number of hydrogen-bond acceptors (Lipinski definition) is 5. The maximum atomic E-state index is 13.5. The molecule has 0 spiro atoms. The summed E-state index contributed by atoms with van der Waals surface area (Å²) >= 11 is 0. The third-order valence-corrected chi connectivity index (χ3v) is 5.33. The first-order valence-corrected chi connectivity index (χ1v) is 10.2. The number of benzene rings is 2. The number of para-hydroxylation sites is 1. The highest BCUT2D eigenvalue weighted by Crippen LogP contribution is 2.29. The predicted molar refractivity (Wildman–Crippen MR) is 110 cm³/mol. The zero-order valence-corrected chi connectivity index (χ0v) is 17.2. The Morgan fingerprint density at radius 3 is 2.61 bits per heavy atom. The standard InChI is InChI=1S/C22H19F5N4O2/c23-15-9-17-18(10-16(15)24)30-20(12-28-17)29-11-13-5-3-4-8-31(13)21(32)14-6-1-2-7-19(14)33-22(25,26)27/h1-2,6-7,9-10,12-13H,3-5,8,11H2,(H,29,30)/t13-/m0/s1. The van der Waals surface area contributed by atoms with Crippen molar-refractivity contribution < 1.29 is 31.5 Å². The second kappa shape index (κ2) is 9.16. The number of hydrogen-bond donors (Lipinski definition) is 1. The average Bonchev–Trinajstić information content (AvgIpc) is 2.77. The molecule has 3 aromatic rings. The van der Waals surface area contributed by atoms with Crippen LogP contribution in [-0.4, -0.2) is 46.3 Å². The number of carbonyl (C=O) groups excluding carboxylic acids is 1. The van der Waals surface area contributed by atoms with Gasteiger partial charge in [0.15, 0.2) is 11.6 Å². The fraction of sp³-hybridized carbons (Fsp3) is 0.318. The number of amides is 1. The summed E-state index contributed by atoms with van der Waals surface area (Å²) in [4.78, 5) is 22.9. The first-order chi connectivity index (χ1) is 15.7. The summed E-state index contributed by atoms with van der Waals surface area (Å²) in [5.74, 6) is -2.89. The Labute approximate surface area is 185 Å². The molecule has 1 aliphatic heterocycles. The summed E-state index contributed by atoms with van der Waals surface area (Å²) in [6.07, 6.45) is -1.38. The van der Waals surface area contributed by atoms with Crippen molar-refractivity contribution in [2.24, 2.45) is 0 Å². The van der Waals surface area contributed by atoms with Crippen molar-refractivity contribution in [2.45, 2.75) is 31.7 Å².